The van der Waals surface area contributed by atoms with Crippen molar-refractivity contribution in [1.82, 2.24) is 9.97 Å². The summed E-state index contributed by atoms with van der Waals surface area (Å²) >= 11 is 0. The van der Waals surface area contributed by atoms with Gasteiger partial charge in [-0.3, -0.25) is 0 Å². The average Bonchev–Trinajstić information content (AvgIpc) is 3.00. The zero-order valence-corrected chi connectivity index (χ0v) is 8.90. The van der Waals surface area contributed by atoms with Gasteiger partial charge in [-0.05, 0) is 18.9 Å². The lowest BCUT2D eigenvalue weighted by Crippen LogP contribution is -2.08. The van der Waals surface area contributed by atoms with Gasteiger partial charge in [0, 0.05) is 17.5 Å². The van der Waals surface area contributed by atoms with Crippen LogP contribution in [0.2, 0.25) is 0 Å². The second kappa shape index (κ2) is 3.61. The Kier molecular flexibility index (Phi) is 2.42. The fraction of sp³-hybridized carbons (Fsp3) is 0.545. The molecule has 1 heterocycles. The second-order valence-corrected chi connectivity index (χ2v) is 4.27. The molecule has 0 atom stereocenters. The van der Waals surface area contributed by atoms with E-state index < -0.39 is 5.97 Å². The fourth-order valence-electron chi connectivity index (χ4n) is 1.44. The SMILES string of the molecule is CC(C)c1nc(C(=O)O)cc(C2CC2)n1. The van der Waals surface area contributed by atoms with Gasteiger partial charge in [-0.25, -0.2) is 14.8 Å². The summed E-state index contributed by atoms with van der Waals surface area (Å²) in [6, 6.07) is 1.60. The number of carboxylic acids is 1. The molecule has 0 amide bonds. The largest absolute Gasteiger partial charge is 0.477 e. The minimum Gasteiger partial charge on any atom is -0.477 e. The topological polar surface area (TPSA) is 63.1 Å². The number of aromatic nitrogens is 2. The fourth-order valence-corrected chi connectivity index (χ4v) is 1.44. The molecule has 1 N–H and O–H groups in total. The van der Waals surface area contributed by atoms with Gasteiger partial charge in [-0.15, -0.1) is 0 Å². The van der Waals surface area contributed by atoms with Crippen molar-refractivity contribution < 1.29 is 9.90 Å². The molecule has 0 bridgehead atoms. The van der Waals surface area contributed by atoms with Crippen molar-refractivity contribution in [2.45, 2.75) is 38.5 Å². The van der Waals surface area contributed by atoms with Crippen LogP contribution >= 0.6 is 0 Å². The van der Waals surface area contributed by atoms with Crippen molar-refractivity contribution in [3.8, 4) is 0 Å². The number of nitrogens with zero attached hydrogens (tertiary/aromatic N) is 2. The summed E-state index contributed by atoms with van der Waals surface area (Å²) in [7, 11) is 0. The van der Waals surface area contributed by atoms with Crippen molar-refractivity contribution >= 4 is 5.97 Å². The van der Waals surface area contributed by atoms with Crippen LogP contribution in [0.25, 0.3) is 0 Å². The van der Waals surface area contributed by atoms with E-state index in [1.807, 2.05) is 13.8 Å². The molecule has 0 aromatic carbocycles. The van der Waals surface area contributed by atoms with E-state index in [2.05, 4.69) is 9.97 Å². The zero-order valence-electron chi connectivity index (χ0n) is 8.90. The van der Waals surface area contributed by atoms with Gasteiger partial charge in [0.1, 0.15) is 5.82 Å². The first-order chi connectivity index (χ1) is 7.08. The van der Waals surface area contributed by atoms with Crippen LogP contribution in [0.15, 0.2) is 6.07 Å². The Hall–Kier alpha value is -1.45. The highest BCUT2D eigenvalue weighted by Gasteiger charge is 2.27. The number of aromatic carboxylic acids is 1. The van der Waals surface area contributed by atoms with Gasteiger partial charge < -0.3 is 5.11 Å². The first kappa shape index (κ1) is 10.1. The lowest BCUT2D eigenvalue weighted by Gasteiger charge is -2.07. The predicted molar refractivity (Wildman–Crippen MR) is 55.1 cm³/mol. The van der Waals surface area contributed by atoms with Crippen LogP contribution in [0.3, 0.4) is 0 Å². The van der Waals surface area contributed by atoms with Crippen molar-refractivity contribution in [2.24, 2.45) is 0 Å². The highest BCUT2D eigenvalue weighted by Crippen LogP contribution is 2.39. The Morgan fingerprint density at radius 1 is 1.47 bits per heavy atom. The quantitative estimate of drug-likeness (QED) is 0.823. The maximum absolute atomic E-state index is 10.9. The summed E-state index contributed by atoms with van der Waals surface area (Å²) in [4.78, 5) is 19.3. The van der Waals surface area contributed by atoms with Crippen LogP contribution in [0, 0.1) is 0 Å². The predicted octanol–water partition coefficient (Wildman–Crippen LogP) is 2.18. The number of rotatable bonds is 3. The molecule has 0 aliphatic heterocycles. The second-order valence-electron chi connectivity index (χ2n) is 4.27. The molecule has 0 saturated heterocycles. The van der Waals surface area contributed by atoms with Crippen molar-refractivity contribution in [2.75, 3.05) is 0 Å². The Morgan fingerprint density at radius 2 is 2.13 bits per heavy atom. The molecular formula is C11H14N2O2. The van der Waals surface area contributed by atoms with Gasteiger partial charge in [0.15, 0.2) is 5.69 Å². The summed E-state index contributed by atoms with van der Waals surface area (Å²) in [6.07, 6.45) is 2.24. The lowest BCUT2D eigenvalue weighted by atomic mass is 10.1. The van der Waals surface area contributed by atoms with Crippen LogP contribution in [0.5, 0.6) is 0 Å². The molecule has 15 heavy (non-hydrogen) atoms. The third kappa shape index (κ3) is 2.14. The van der Waals surface area contributed by atoms with Crippen LogP contribution < -0.4 is 0 Å². The third-order valence-electron chi connectivity index (χ3n) is 2.49. The monoisotopic (exact) mass is 206 g/mol. The van der Waals surface area contributed by atoms with E-state index in [4.69, 9.17) is 5.11 Å². The summed E-state index contributed by atoms with van der Waals surface area (Å²) in [5, 5.41) is 8.93. The Balaban J connectivity index is 2.43. The lowest BCUT2D eigenvalue weighted by molar-refractivity contribution is 0.0689. The molecular weight excluding hydrogens is 192 g/mol. The summed E-state index contributed by atoms with van der Waals surface area (Å²) in [5.41, 5.74) is 1.02. The molecule has 4 nitrogen and oxygen atoms in total. The summed E-state index contributed by atoms with van der Waals surface area (Å²) in [5.74, 6) is 0.295. The molecule has 1 saturated carbocycles. The normalized spacial score (nSPS) is 15.7. The molecule has 4 heteroatoms. The van der Waals surface area contributed by atoms with Gasteiger partial charge in [-0.1, -0.05) is 13.8 Å². The highest BCUT2D eigenvalue weighted by molar-refractivity contribution is 5.85. The number of hydrogen-bond acceptors (Lipinski definition) is 3. The van der Waals surface area contributed by atoms with Gasteiger partial charge in [0.05, 0.1) is 0 Å². The molecule has 1 fully saturated rings. The van der Waals surface area contributed by atoms with E-state index in [0.717, 1.165) is 18.5 Å². The molecule has 1 aliphatic rings. The van der Waals surface area contributed by atoms with E-state index >= 15 is 0 Å². The zero-order chi connectivity index (χ0) is 11.0. The maximum Gasteiger partial charge on any atom is 0.354 e. The molecule has 2 rings (SSSR count). The maximum atomic E-state index is 10.9. The van der Waals surface area contributed by atoms with E-state index in [-0.39, 0.29) is 11.6 Å². The third-order valence-corrected chi connectivity index (χ3v) is 2.49. The van der Waals surface area contributed by atoms with E-state index in [0.29, 0.717) is 11.7 Å². The Labute approximate surface area is 88.4 Å². The molecule has 1 aromatic rings. The van der Waals surface area contributed by atoms with Gasteiger partial charge >= 0.3 is 5.97 Å². The highest BCUT2D eigenvalue weighted by atomic mass is 16.4. The smallest absolute Gasteiger partial charge is 0.354 e. The first-order valence-corrected chi connectivity index (χ1v) is 5.20. The molecule has 0 spiro atoms. The van der Waals surface area contributed by atoms with E-state index in [1.165, 1.54) is 0 Å². The number of carboxylic acid groups (broad SMARTS) is 1. The molecule has 0 radical (unpaired) electrons. The molecule has 80 valence electrons. The first-order valence-electron chi connectivity index (χ1n) is 5.20. The molecule has 1 aromatic heterocycles. The van der Waals surface area contributed by atoms with Crippen LogP contribution in [0.1, 0.15) is 60.5 Å². The van der Waals surface area contributed by atoms with Gasteiger partial charge in [0.2, 0.25) is 0 Å². The number of hydrogen-bond donors (Lipinski definition) is 1. The van der Waals surface area contributed by atoms with Crippen LogP contribution in [0.4, 0.5) is 0 Å². The Morgan fingerprint density at radius 3 is 2.60 bits per heavy atom. The van der Waals surface area contributed by atoms with Crippen molar-refractivity contribution in [1.29, 1.82) is 0 Å². The van der Waals surface area contributed by atoms with E-state index in [9.17, 15) is 4.79 Å². The molecule has 0 unspecified atom stereocenters. The van der Waals surface area contributed by atoms with Crippen LogP contribution in [-0.4, -0.2) is 21.0 Å². The number of carbonyl (C=O) groups is 1. The molecule has 1 aliphatic carbocycles. The average molecular weight is 206 g/mol. The van der Waals surface area contributed by atoms with Crippen LogP contribution in [-0.2, 0) is 0 Å². The van der Waals surface area contributed by atoms with Gasteiger partial charge in [-0.2, -0.15) is 0 Å². The van der Waals surface area contributed by atoms with Gasteiger partial charge in [0.25, 0.3) is 0 Å². The van der Waals surface area contributed by atoms with Crippen molar-refractivity contribution in [3.05, 3.63) is 23.3 Å². The summed E-state index contributed by atoms with van der Waals surface area (Å²) < 4.78 is 0. The Bertz CT molecular complexity index is 377. The minimum absolute atomic E-state index is 0.121. The minimum atomic E-state index is -0.971. The van der Waals surface area contributed by atoms with E-state index in [1.54, 1.807) is 6.07 Å². The van der Waals surface area contributed by atoms with Crippen molar-refractivity contribution in [3.63, 3.8) is 0 Å². The standard InChI is InChI=1S/C11H14N2O2/c1-6(2)10-12-8(7-3-4-7)5-9(13-10)11(14)15/h5-7H,3-4H2,1-2H3,(H,14,15). The summed E-state index contributed by atoms with van der Waals surface area (Å²) in [6.45, 7) is 3.94.